The molecule has 0 spiro atoms. The van der Waals surface area contributed by atoms with Crippen molar-refractivity contribution in [3.05, 3.63) is 85.1 Å². The molecule has 0 aromatic carbocycles. The Balaban J connectivity index is 4.18. The summed E-state index contributed by atoms with van der Waals surface area (Å²) < 4.78 is 35.2. The summed E-state index contributed by atoms with van der Waals surface area (Å²) in [5.74, 6) is -0.322. The van der Waals surface area contributed by atoms with Gasteiger partial charge in [-0.25, -0.2) is 4.57 Å². The lowest BCUT2D eigenvalue weighted by molar-refractivity contribution is -0.870. The van der Waals surface area contributed by atoms with E-state index < -0.39 is 13.9 Å². The summed E-state index contributed by atoms with van der Waals surface area (Å²) in [4.78, 5) is 23.1. The predicted molar refractivity (Wildman–Crippen MR) is 293 cm³/mol. The van der Waals surface area contributed by atoms with Gasteiger partial charge in [0.15, 0.2) is 0 Å². The summed E-state index contributed by atoms with van der Waals surface area (Å²) >= 11 is 0. The van der Waals surface area contributed by atoms with Gasteiger partial charge >= 0.3 is 13.8 Å². The van der Waals surface area contributed by atoms with Crippen LogP contribution in [0, 0.1) is 0 Å². The Morgan fingerprint density at radius 1 is 0.471 bits per heavy atom. The number of phosphoric ester groups is 1. The zero-order valence-corrected chi connectivity index (χ0v) is 45.7. The number of ether oxygens (including phenoxy) is 2. The molecule has 0 rings (SSSR count). The number of quaternary nitrogens is 1. The molecule has 0 aliphatic carbocycles. The summed E-state index contributed by atoms with van der Waals surface area (Å²) in [6.45, 7) is 5.46. The Labute approximate surface area is 420 Å². The highest BCUT2D eigenvalue weighted by Gasteiger charge is 2.26. The lowest BCUT2D eigenvalue weighted by atomic mass is 10.0. The Bertz CT molecular complexity index is 1360. The monoisotopic (exact) mass is 973 g/mol. The molecule has 0 aliphatic heterocycles. The lowest BCUT2D eigenvalue weighted by Crippen LogP contribution is -2.37. The van der Waals surface area contributed by atoms with Gasteiger partial charge in [0.2, 0.25) is 0 Å². The van der Waals surface area contributed by atoms with Crippen LogP contribution in [0.1, 0.15) is 226 Å². The SMILES string of the molecule is CC/C=C\C/C=C\C/C=C\C/C=C\C/C=C\C/C=C\C/C=C\CCCCCCOCC(COP(=O)(O)OCC[N+](C)(C)C)OC(=O)CCCCCCCCCCCCCCCCCCCCCC. The fourth-order valence-electron chi connectivity index (χ4n) is 7.48. The van der Waals surface area contributed by atoms with Gasteiger partial charge in [-0.05, 0) is 70.6 Å². The normalized spacial score (nSPS) is 14.1. The number of hydrogen-bond donors (Lipinski definition) is 1. The second-order valence-electron chi connectivity index (χ2n) is 19.6. The minimum atomic E-state index is -4.30. The molecule has 0 bridgehead atoms. The first-order valence-corrected chi connectivity index (χ1v) is 29.3. The van der Waals surface area contributed by atoms with Gasteiger partial charge in [0.1, 0.15) is 19.3 Å². The molecule has 9 heteroatoms. The molecule has 2 atom stereocenters. The first-order chi connectivity index (χ1) is 33.1. The molecule has 8 nitrogen and oxygen atoms in total. The van der Waals surface area contributed by atoms with Gasteiger partial charge in [0.25, 0.3) is 0 Å². The lowest BCUT2D eigenvalue weighted by Gasteiger charge is -2.24. The molecule has 0 fully saturated rings. The van der Waals surface area contributed by atoms with Crippen molar-refractivity contribution in [2.75, 3.05) is 54.1 Å². The summed E-state index contributed by atoms with van der Waals surface area (Å²) in [6.07, 6.45) is 69.3. The molecule has 0 aliphatic rings. The Kier molecular flexibility index (Phi) is 49.3. The number of carbonyl (C=O) groups excluding carboxylic acids is 1. The van der Waals surface area contributed by atoms with Crippen LogP contribution in [0.2, 0.25) is 0 Å². The van der Waals surface area contributed by atoms with Crippen molar-refractivity contribution in [2.24, 2.45) is 0 Å². The van der Waals surface area contributed by atoms with Crippen LogP contribution in [0.4, 0.5) is 0 Å². The van der Waals surface area contributed by atoms with Crippen LogP contribution in [-0.4, -0.2) is 75.6 Å². The van der Waals surface area contributed by atoms with Gasteiger partial charge in [-0.3, -0.25) is 13.8 Å². The predicted octanol–water partition coefficient (Wildman–Crippen LogP) is 17.6. The first-order valence-electron chi connectivity index (χ1n) is 27.8. The molecule has 0 heterocycles. The van der Waals surface area contributed by atoms with E-state index >= 15 is 0 Å². The van der Waals surface area contributed by atoms with Gasteiger partial charge < -0.3 is 18.9 Å². The molecular formula is C59H107NO7P+. The third kappa shape index (κ3) is 54.6. The van der Waals surface area contributed by atoms with Crippen molar-refractivity contribution in [1.29, 1.82) is 0 Å². The molecule has 0 saturated heterocycles. The van der Waals surface area contributed by atoms with Crippen molar-refractivity contribution in [1.82, 2.24) is 0 Å². The van der Waals surface area contributed by atoms with Crippen LogP contribution in [-0.2, 0) is 27.9 Å². The number of likely N-dealkylation sites (N-methyl/N-ethyl adjacent to an activating group) is 1. The third-order valence-corrected chi connectivity index (χ3v) is 12.7. The van der Waals surface area contributed by atoms with E-state index in [-0.39, 0.29) is 25.8 Å². The van der Waals surface area contributed by atoms with E-state index in [1.807, 2.05) is 21.1 Å². The van der Waals surface area contributed by atoms with E-state index in [0.29, 0.717) is 24.1 Å². The standard InChI is InChI=1S/C59H106NO7P/c1-6-8-10-12-14-16-18-20-22-24-26-28-29-30-31-32-33-35-37-39-41-43-45-47-49-51-54-64-56-58(57-66-68(62,63)65-55-53-60(3,4)5)67-59(61)52-50-48-46-44-42-40-38-36-34-27-25-23-21-19-17-15-13-11-9-7-2/h8,10,14,16,20,22,26,28,30-31,33,35,39,41,58H,6-7,9,11-13,15,17-19,21,23-25,27,29,32,34,36-38,40,42-57H2,1-5H3/p+1/b10-8-,16-14-,22-20-,28-26-,31-30-,35-33-,41-39-. The van der Waals surface area contributed by atoms with Crippen molar-refractivity contribution in [3.8, 4) is 0 Å². The minimum absolute atomic E-state index is 0.0803. The summed E-state index contributed by atoms with van der Waals surface area (Å²) in [5, 5.41) is 0. The molecule has 0 aromatic rings. The fourth-order valence-corrected chi connectivity index (χ4v) is 8.22. The van der Waals surface area contributed by atoms with Crippen LogP contribution in [0.25, 0.3) is 0 Å². The second kappa shape index (κ2) is 51.0. The maximum atomic E-state index is 12.8. The van der Waals surface area contributed by atoms with Crippen LogP contribution < -0.4 is 0 Å². The molecule has 0 amide bonds. The maximum Gasteiger partial charge on any atom is 0.472 e. The Hall–Kier alpha value is -2.32. The Morgan fingerprint density at radius 3 is 1.28 bits per heavy atom. The van der Waals surface area contributed by atoms with Crippen molar-refractivity contribution < 1.29 is 37.3 Å². The number of esters is 1. The van der Waals surface area contributed by atoms with Gasteiger partial charge in [0.05, 0.1) is 34.4 Å². The molecule has 0 aromatic heterocycles. The molecule has 0 radical (unpaired) electrons. The Morgan fingerprint density at radius 2 is 0.853 bits per heavy atom. The van der Waals surface area contributed by atoms with E-state index in [2.05, 4.69) is 98.9 Å². The van der Waals surface area contributed by atoms with E-state index in [1.54, 1.807) is 0 Å². The number of phosphoric acid groups is 1. The van der Waals surface area contributed by atoms with Crippen LogP contribution in [0.3, 0.4) is 0 Å². The zero-order valence-electron chi connectivity index (χ0n) is 44.8. The van der Waals surface area contributed by atoms with Gasteiger partial charge in [-0.1, -0.05) is 234 Å². The number of hydrogen-bond acceptors (Lipinski definition) is 6. The number of unbranched alkanes of at least 4 members (excludes halogenated alkanes) is 23. The van der Waals surface area contributed by atoms with E-state index in [0.717, 1.165) is 96.3 Å². The average Bonchev–Trinajstić information content (AvgIpc) is 3.30. The van der Waals surface area contributed by atoms with Crippen LogP contribution in [0.5, 0.6) is 0 Å². The second-order valence-corrected chi connectivity index (χ2v) is 21.0. The van der Waals surface area contributed by atoms with Gasteiger partial charge in [0, 0.05) is 13.0 Å². The van der Waals surface area contributed by atoms with Crippen LogP contribution >= 0.6 is 7.82 Å². The largest absolute Gasteiger partial charge is 0.472 e. The number of carbonyl (C=O) groups is 1. The van der Waals surface area contributed by atoms with Gasteiger partial charge in [-0.2, -0.15) is 0 Å². The molecule has 68 heavy (non-hydrogen) atoms. The summed E-state index contributed by atoms with van der Waals surface area (Å²) in [5.41, 5.74) is 0. The minimum Gasteiger partial charge on any atom is -0.457 e. The summed E-state index contributed by atoms with van der Waals surface area (Å²) in [6, 6.07) is 0. The van der Waals surface area contributed by atoms with E-state index in [1.165, 1.54) is 109 Å². The number of allylic oxidation sites excluding steroid dienone is 14. The molecule has 1 N–H and O–H groups in total. The first kappa shape index (κ1) is 65.7. The molecule has 394 valence electrons. The van der Waals surface area contributed by atoms with E-state index in [9.17, 15) is 14.3 Å². The molecule has 2 unspecified atom stereocenters. The number of rotatable bonds is 51. The topological polar surface area (TPSA) is 91.3 Å². The van der Waals surface area contributed by atoms with Crippen molar-refractivity contribution >= 4 is 13.8 Å². The average molecular weight is 973 g/mol. The summed E-state index contributed by atoms with van der Waals surface area (Å²) in [7, 11) is 1.65. The third-order valence-electron chi connectivity index (χ3n) is 11.7. The quantitative estimate of drug-likeness (QED) is 0.0213. The number of nitrogens with zero attached hydrogens (tertiary/aromatic N) is 1. The van der Waals surface area contributed by atoms with Crippen LogP contribution in [0.15, 0.2) is 85.1 Å². The highest BCUT2D eigenvalue weighted by Crippen LogP contribution is 2.43. The molecular weight excluding hydrogens is 866 g/mol. The maximum absolute atomic E-state index is 12.8. The zero-order chi connectivity index (χ0) is 49.8. The van der Waals surface area contributed by atoms with Crippen molar-refractivity contribution in [2.45, 2.75) is 232 Å². The highest BCUT2D eigenvalue weighted by atomic mass is 31.2. The smallest absolute Gasteiger partial charge is 0.457 e. The highest BCUT2D eigenvalue weighted by molar-refractivity contribution is 7.47. The van der Waals surface area contributed by atoms with Gasteiger partial charge in [-0.15, -0.1) is 0 Å². The van der Waals surface area contributed by atoms with Crippen molar-refractivity contribution in [3.63, 3.8) is 0 Å². The molecule has 0 saturated carbocycles. The fraction of sp³-hybridized carbons (Fsp3) is 0.746. The van der Waals surface area contributed by atoms with E-state index in [4.69, 9.17) is 18.5 Å².